The van der Waals surface area contributed by atoms with Gasteiger partial charge in [0.25, 0.3) is 0 Å². The molecule has 3 N–H and O–H groups in total. The average Bonchev–Trinajstić information content (AvgIpc) is 2.73. The third kappa shape index (κ3) is 6.60. The van der Waals surface area contributed by atoms with Crippen molar-refractivity contribution < 1.29 is 8.42 Å². The zero-order valence-electron chi connectivity index (χ0n) is 15.3. The Hall–Kier alpha value is -2.33. The second-order valence-corrected chi connectivity index (χ2v) is 9.23. The Balaban J connectivity index is 1.54. The van der Waals surface area contributed by atoms with Gasteiger partial charge in [-0.05, 0) is 71.9 Å². The van der Waals surface area contributed by atoms with Crippen LogP contribution in [0.5, 0.6) is 0 Å². The second-order valence-electron chi connectivity index (χ2n) is 6.14. The number of hydrogen-bond acceptors (Lipinski definition) is 4. The normalized spacial score (nSPS) is 11.1. The van der Waals surface area contributed by atoms with Gasteiger partial charge in [-0.1, -0.05) is 28.1 Å². The minimum Gasteiger partial charge on any atom is -0.358 e. The van der Waals surface area contributed by atoms with Crippen LogP contribution in [0.1, 0.15) is 11.1 Å². The highest BCUT2D eigenvalue weighted by molar-refractivity contribution is 9.10. The fourth-order valence-corrected chi connectivity index (χ4v) is 3.91. The largest absolute Gasteiger partial charge is 0.358 e. The lowest BCUT2D eigenvalue weighted by Crippen LogP contribution is -2.28. The lowest BCUT2D eigenvalue weighted by atomic mass is 10.2. The van der Waals surface area contributed by atoms with E-state index < -0.39 is 10.0 Å². The number of sulfonamides is 1. The molecule has 0 saturated carbocycles. The van der Waals surface area contributed by atoms with Gasteiger partial charge in [0.15, 0.2) is 5.11 Å². The van der Waals surface area contributed by atoms with Crippen LogP contribution >= 0.6 is 28.1 Å². The molecule has 0 saturated heterocycles. The molecule has 0 aliphatic heterocycles. The number of hydrogen-bond donors (Lipinski definition) is 3. The van der Waals surface area contributed by atoms with Gasteiger partial charge in [-0.25, -0.2) is 13.1 Å². The molecule has 0 amide bonds. The quantitative estimate of drug-likeness (QED) is 0.436. The summed E-state index contributed by atoms with van der Waals surface area (Å²) in [7, 11) is -3.60. The molecule has 2 aromatic carbocycles. The number of halogens is 1. The summed E-state index contributed by atoms with van der Waals surface area (Å²) in [6.45, 7) is 0.791. The first-order valence-electron chi connectivity index (χ1n) is 8.70. The summed E-state index contributed by atoms with van der Waals surface area (Å²) in [5.74, 6) is 0. The third-order valence-corrected chi connectivity index (χ3v) is 6.20. The van der Waals surface area contributed by atoms with Crippen LogP contribution in [-0.2, 0) is 23.1 Å². The van der Waals surface area contributed by atoms with Crippen molar-refractivity contribution in [2.24, 2.45) is 0 Å². The molecule has 150 valence electrons. The van der Waals surface area contributed by atoms with Gasteiger partial charge in [-0.15, -0.1) is 0 Å². The minimum absolute atomic E-state index is 0.191. The van der Waals surface area contributed by atoms with Gasteiger partial charge < -0.3 is 10.6 Å². The van der Waals surface area contributed by atoms with E-state index in [1.807, 2.05) is 36.4 Å². The maximum absolute atomic E-state index is 12.5. The number of nitrogens with zero attached hydrogens (tertiary/aromatic N) is 1. The van der Waals surface area contributed by atoms with Gasteiger partial charge >= 0.3 is 0 Å². The third-order valence-electron chi connectivity index (χ3n) is 4.00. The van der Waals surface area contributed by atoms with Gasteiger partial charge in [0.05, 0.1) is 4.90 Å². The fourth-order valence-electron chi connectivity index (χ4n) is 2.44. The molecule has 0 unspecified atom stereocenters. The van der Waals surface area contributed by atoms with Crippen molar-refractivity contribution in [3.63, 3.8) is 0 Å². The summed E-state index contributed by atoms with van der Waals surface area (Å²) in [5, 5.41) is 6.58. The van der Waals surface area contributed by atoms with E-state index in [2.05, 4.69) is 36.3 Å². The number of anilines is 1. The Bertz CT molecular complexity index is 1060. The molecule has 9 heteroatoms. The van der Waals surface area contributed by atoms with E-state index in [0.29, 0.717) is 17.3 Å². The summed E-state index contributed by atoms with van der Waals surface area (Å²) in [6, 6.07) is 17.7. The van der Waals surface area contributed by atoms with Gasteiger partial charge in [0.2, 0.25) is 10.0 Å². The highest BCUT2D eigenvalue weighted by Crippen LogP contribution is 2.15. The summed E-state index contributed by atoms with van der Waals surface area (Å²) in [5.41, 5.74) is 2.63. The molecule has 3 aromatic rings. The van der Waals surface area contributed by atoms with Crippen LogP contribution in [-0.4, -0.2) is 18.5 Å². The molecule has 3 rings (SSSR count). The number of benzene rings is 2. The molecule has 29 heavy (non-hydrogen) atoms. The Morgan fingerprint density at radius 2 is 1.52 bits per heavy atom. The Kier molecular flexibility index (Phi) is 7.32. The van der Waals surface area contributed by atoms with Crippen LogP contribution in [0, 0.1) is 0 Å². The van der Waals surface area contributed by atoms with E-state index >= 15 is 0 Å². The summed E-state index contributed by atoms with van der Waals surface area (Å²) in [4.78, 5) is 4.16. The number of aromatic nitrogens is 1. The molecule has 0 fully saturated rings. The average molecular weight is 491 g/mol. The lowest BCUT2D eigenvalue weighted by Gasteiger charge is -2.11. The maximum Gasteiger partial charge on any atom is 0.240 e. The van der Waals surface area contributed by atoms with E-state index in [-0.39, 0.29) is 11.4 Å². The van der Waals surface area contributed by atoms with Gasteiger partial charge in [0, 0.05) is 35.6 Å². The standard InChI is InChI=1S/C20H19BrN4O2S2/c21-17-3-1-15(2-4-17)14-24-29(26,27)19-7-5-18(6-8-19)25-20(28)23-13-16-9-11-22-12-10-16/h1-12,24H,13-14H2,(H2,23,25,28). The number of pyridine rings is 1. The maximum atomic E-state index is 12.5. The van der Waals surface area contributed by atoms with Crippen molar-refractivity contribution in [2.45, 2.75) is 18.0 Å². The number of nitrogens with one attached hydrogen (secondary N) is 3. The number of rotatable bonds is 7. The van der Waals surface area contributed by atoms with Crippen molar-refractivity contribution in [1.82, 2.24) is 15.0 Å². The lowest BCUT2D eigenvalue weighted by molar-refractivity contribution is 0.581. The van der Waals surface area contributed by atoms with E-state index in [4.69, 9.17) is 12.2 Å². The highest BCUT2D eigenvalue weighted by Gasteiger charge is 2.13. The fraction of sp³-hybridized carbons (Fsp3) is 0.100. The topological polar surface area (TPSA) is 83.1 Å². The predicted octanol–water partition coefficient (Wildman–Crippen LogP) is 3.81. The molecule has 0 aliphatic rings. The van der Waals surface area contributed by atoms with E-state index in [1.165, 1.54) is 12.1 Å². The second kappa shape index (κ2) is 9.93. The molecule has 1 aromatic heterocycles. The zero-order valence-corrected chi connectivity index (χ0v) is 18.5. The Morgan fingerprint density at radius 3 is 2.17 bits per heavy atom. The molecule has 0 atom stereocenters. The summed E-state index contributed by atoms with van der Waals surface area (Å²) >= 11 is 8.63. The van der Waals surface area contributed by atoms with Crippen LogP contribution in [0.2, 0.25) is 0 Å². The van der Waals surface area contributed by atoms with Gasteiger partial charge in [-0.2, -0.15) is 0 Å². The van der Waals surface area contributed by atoms with Crippen molar-refractivity contribution in [2.75, 3.05) is 5.32 Å². The summed E-state index contributed by atoms with van der Waals surface area (Å²) in [6.07, 6.45) is 3.44. The monoisotopic (exact) mass is 490 g/mol. The van der Waals surface area contributed by atoms with Crippen molar-refractivity contribution in [1.29, 1.82) is 0 Å². The first-order chi connectivity index (χ1) is 13.9. The van der Waals surface area contributed by atoms with Gasteiger partial charge in [-0.3, -0.25) is 4.98 Å². The van der Waals surface area contributed by atoms with Crippen LogP contribution in [0.4, 0.5) is 5.69 Å². The first kappa shape index (κ1) is 21.4. The van der Waals surface area contributed by atoms with Crippen molar-refractivity contribution >= 4 is 49.0 Å². The SMILES string of the molecule is O=S(=O)(NCc1ccc(Br)cc1)c1ccc(NC(=S)NCc2ccncc2)cc1. The van der Waals surface area contributed by atoms with Crippen LogP contribution in [0.25, 0.3) is 0 Å². The molecule has 0 bridgehead atoms. The van der Waals surface area contributed by atoms with Crippen molar-refractivity contribution in [3.05, 3.63) is 88.7 Å². The minimum atomic E-state index is -3.60. The Morgan fingerprint density at radius 1 is 0.897 bits per heavy atom. The van der Waals surface area contributed by atoms with E-state index in [9.17, 15) is 8.42 Å². The molecular formula is C20H19BrN4O2S2. The zero-order chi connectivity index (χ0) is 20.7. The van der Waals surface area contributed by atoms with E-state index in [1.54, 1.807) is 24.5 Å². The molecule has 6 nitrogen and oxygen atoms in total. The Labute approximate surface area is 183 Å². The summed E-state index contributed by atoms with van der Waals surface area (Å²) < 4.78 is 28.5. The highest BCUT2D eigenvalue weighted by atomic mass is 79.9. The van der Waals surface area contributed by atoms with Gasteiger partial charge in [0.1, 0.15) is 0 Å². The molecule has 0 spiro atoms. The molecule has 0 aliphatic carbocycles. The molecule has 1 heterocycles. The molecular weight excluding hydrogens is 472 g/mol. The molecule has 0 radical (unpaired) electrons. The smallest absolute Gasteiger partial charge is 0.240 e. The first-order valence-corrected chi connectivity index (χ1v) is 11.4. The number of thiocarbonyl (C=S) groups is 1. The predicted molar refractivity (Wildman–Crippen MR) is 122 cm³/mol. The van der Waals surface area contributed by atoms with E-state index in [0.717, 1.165) is 15.6 Å². The van der Waals surface area contributed by atoms with Crippen LogP contribution in [0.3, 0.4) is 0 Å². The van der Waals surface area contributed by atoms with Crippen LogP contribution < -0.4 is 15.4 Å². The van der Waals surface area contributed by atoms with Crippen LogP contribution in [0.15, 0.2) is 82.4 Å². The van der Waals surface area contributed by atoms with Crippen molar-refractivity contribution in [3.8, 4) is 0 Å².